The summed E-state index contributed by atoms with van der Waals surface area (Å²) in [7, 11) is 3.13. The molecule has 1 heterocycles. The Labute approximate surface area is 172 Å². The molecule has 0 bridgehead atoms. The highest BCUT2D eigenvalue weighted by Gasteiger charge is 2.32. The maximum absolute atomic E-state index is 11.8. The molecule has 0 radical (unpaired) electrons. The smallest absolute Gasteiger partial charge is 0.419 e. The van der Waals surface area contributed by atoms with Gasteiger partial charge in [-0.25, -0.2) is 4.79 Å². The first-order valence-corrected chi connectivity index (χ1v) is 9.38. The van der Waals surface area contributed by atoms with E-state index in [1.807, 2.05) is 0 Å². The maximum atomic E-state index is 11.8. The summed E-state index contributed by atoms with van der Waals surface area (Å²) in [4.78, 5) is 27.7. The Morgan fingerprint density at radius 1 is 0.967 bits per heavy atom. The number of methoxy groups -OCH3 is 2. The fourth-order valence-electron chi connectivity index (χ4n) is 2.91. The van der Waals surface area contributed by atoms with E-state index in [4.69, 9.17) is 18.9 Å². The van der Waals surface area contributed by atoms with E-state index < -0.39 is 12.1 Å². The van der Waals surface area contributed by atoms with Crippen LogP contribution in [0.1, 0.15) is 12.8 Å². The fourth-order valence-corrected chi connectivity index (χ4v) is 2.91. The second kappa shape index (κ2) is 8.28. The van der Waals surface area contributed by atoms with Crippen molar-refractivity contribution >= 4 is 28.7 Å². The highest BCUT2D eigenvalue weighted by Crippen LogP contribution is 2.37. The van der Waals surface area contributed by atoms with Gasteiger partial charge in [0.25, 0.3) is 0 Å². The number of hydrogen-bond acceptors (Lipinski definition) is 7. The number of nitrogens with one attached hydrogen (secondary N) is 1. The first kappa shape index (κ1) is 19.5. The molecule has 1 N–H and O–H groups in total. The van der Waals surface area contributed by atoms with E-state index in [2.05, 4.69) is 10.3 Å². The molecule has 4 rings (SSSR count). The molecular formula is C22H20N2O6. The summed E-state index contributed by atoms with van der Waals surface area (Å²) in [5.41, 5.74) is 1.19. The Hall–Kier alpha value is -3.81. The lowest BCUT2D eigenvalue weighted by Gasteiger charge is -2.12. The predicted molar refractivity (Wildman–Crippen MR) is 109 cm³/mol. The van der Waals surface area contributed by atoms with E-state index >= 15 is 0 Å². The van der Waals surface area contributed by atoms with Crippen molar-refractivity contribution in [1.82, 2.24) is 4.98 Å². The van der Waals surface area contributed by atoms with Gasteiger partial charge < -0.3 is 18.9 Å². The third kappa shape index (κ3) is 4.27. The zero-order valence-electron chi connectivity index (χ0n) is 16.5. The number of esters is 1. The van der Waals surface area contributed by atoms with Crippen LogP contribution in [-0.4, -0.2) is 31.3 Å². The molecule has 1 aliphatic carbocycles. The largest absolute Gasteiger partial charge is 0.493 e. The molecule has 1 saturated carbocycles. The van der Waals surface area contributed by atoms with Gasteiger partial charge in [0.05, 0.1) is 25.7 Å². The molecule has 1 fully saturated rings. The number of amides is 1. The molecule has 154 valence electrons. The first-order chi connectivity index (χ1) is 14.6. The van der Waals surface area contributed by atoms with Gasteiger partial charge in [0.1, 0.15) is 11.5 Å². The van der Waals surface area contributed by atoms with Gasteiger partial charge in [0.2, 0.25) is 0 Å². The molecule has 0 saturated heterocycles. The van der Waals surface area contributed by atoms with Crippen LogP contribution in [0.5, 0.6) is 23.0 Å². The lowest BCUT2D eigenvalue weighted by molar-refractivity contribution is -0.138. The number of hydrogen-bond donors (Lipinski definition) is 1. The van der Waals surface area contributed by atoms with Crippen LogP contribution in [0.15, 0.2) is 48.7 Å². The van der Waals surface area contributed by atoms with E-state index in [1.54, 1.807) is 62.9 Å². The Kier molecular flexibility index (Phi) is 5.38. The number of nitrogens with zero attached hydrogens (tertiary/aromatic N) is 1. The van der Waals surface area contributed by atoms with Gasteiger partial charge in [0, 0.05) is 23.3 Å². The minimum atomic E-state index is -0.790. The number of carbonyl (C=O) groups is 2. The van der Waals surface area contributed by atoms with Gasteiger partial charge in [-0.1, -0.05) is 0 Å². The van der Waals surface area contributed by atoms with Crippen molar-refractivity contribution < 1.29 is 28.5 Å². The zero-order chi connectivity index (χ0) is 21.1. The van der Waals surface area contributed by atoms with E-state index in [0.717, 1.165) is 18.2 Å². The summed E-state index contributed by atoms with van der Waals surface area (Å²) in [6, 6.07) is 12.1. The van der Waals surface area contributed by atoms with E-state index in [0.29, 0.717) is 34.2 Å². The van der Waals surface area contributed by atoms with Crippen molar-refractivity contribution in [1.29, 1.82) is 0 Å². The van der Waals surface area contributed by atoms with Crippen molar-refractivity contribution in [2.45, 2.75) is 12.8 Å². The molecule has 1 aliphatic rings. The topological polar surface area (TPSA) is 96.0 Å². The van der Waals surface area contributed by atoms with Crippen LogP contribution in [0.25, 0.3) is 10.9 Å². The number of carbonyl (C=O) groups excluding carboxylic acids is 2. The Morgan fingerprint density at radius 2 is 1.67 bits per heavy atom. The standard InChI is InChI=1S/C22H20N2O6/c1-27-19-11-16-17(12-20(19)28-2)23-10-9-18(16)29-15-7-5-14(6-8-15)24-22(26)30-21(25)13-3-4-13/h5-13H,3-4H2,1-2H3,(H,24,26). The van der Waals surface area contributed by atoms with Crippen molar-refractivity contribution in [3.63, 3.8) is 0 Å². The summed E-state index contributed by atoms with van der Waals surface area (Å²) < 4.78 is 21.4. The molecule has 3 aromatic rings. The van der Waals surface area contributed by atoms with Crippen LogP contribution in [0.4, 0.5) is 10.5 Å². The number of pyridine rings is 1. The molecule has 0 spiro atoms. The summed E-state index contributed by atoms with van der Waals surface area (Å²) in [6.45, 7) is 0. The van der Waals surface area contributed by atoms with Crippen LogP contribution >= 0.6 is 0 Å². The van der Waals surface area contributed by atoms with Crippen molar-refractivity contribution in [3.05, 3.63) is 48.7 Å². The van der Waals surface area contributed by atoms with Crippen LogP contribution in [0.3, 0.4) is 0 Å². The Balaban J connectivity index is 1.48. The van der Waals surface area contributed by atoms with Crippen LogP contribution in [0, 0.1) is 5.92 Å². The van der Waals surface area contributed by atoms with Crippen LogP contribution in [0.2, 0.25) is 0 Å². The monoisotopic (exact) mass is 408 g/mol. The minimum absolute atomic E-state index is 0.139. The van der Waals surface area contributed by atoms with Gasteiger partial charge in [-0.3, -0.25) is 15.1 Å². The van der Waals surface area contributed by atoms with Gasteiger partial charge in [0.15, 0.2) is 11.5 Å². The first-order valence-electron chi connectivity index (χ1n) is 9.38. The molecule has 8 nitrogen and oxygen atoms in total. The van der Waals surface area contributed by atoms with E-state index in [-0.39, 0.29) is 5.92 Å². The molecule has 1 aromatic heterocycles. The summed E-state index contributed by atoms with van der Waals surface area (Å²) >= 11 is 0. The van der Waals surface area contributed by atoms with Gasteiger partial charge in [-0.15, -0.1) is 0 Å². The highest BCUT2D eigenvalue weighted by molar-refractivity contribution is 5.94. The Morgan fingerprint density at radius 3 is 2.33 bits per heavy atom. The average Bonchev–Trinajstić information content (AvgIpc) is 3.60. The second-order valence-electron chi connectivity index (χ2n) is 6.77. The lowest BCUT2D eigenvalue weighted by Crippen LogP contribution is -2.19. The summed E-state index contributed by atoms with van der Waals surface area (Å²) in [5.74, 6) is 1.68. The quantitative estimate of drug-likeness (QED) is 0.473. The van der Waals surface area contributed by atoms with E-state index in [1.165, 1.54) is 0 Å². The van der Waals surface area contributed by atoms with Gasteiger partial charge in [-0.2, -0.15) is 0 Å². The lowest BCUT2D eigenvalue weighted by atomic mass is 10.2. The number of aromatic nitrogens is 1. The number of fused-ring (bicyclic) bond motifs is 1. The van der Waals surface area contributed by atoms with Crippen molar-refractivity contribution in [2.75, 3.05) is 19.5 Å². The number of ether oxygens (including phenoxy) is 4. The van der Waals surface area contributed by atoms with Crippen molar-refractivity contribution in [3.8, 4) is 23.0 Å². The maximum Gasteiger partial charge on any atom is 0.419 e. The predicted octanol–water partition coefficient (Wildman–Crippen LogP) is 4.53. The molecule has 0 aliphatic heterocycles. The van der Waals surface area contributed by atoms with Crippen LogP contribution < -0.4 is 19.5 Å². The minimum Gasteiger partial charge on any atom is -0.493 e. The summed E-state index contributed by atoms with van der Waals surface area (Å²) in [5, 5.41) is 3.29. The molecule has 2 aromatic carbocycles. The third-order valence-corrected chi connectivity index (χ3v) is 4.64. The molecule has 0 atom stereocenters. The van der Waals surface area contributed by atoms with Crippen molar-refractivity contribution in [2.24, 2.45) is 5.92 Å². The molecule has 0 unspecified atom stereocenters. The number of anilines is 1. The number of rotatable bonds is 6. The molecule has 1 amide bonds. The fraction of sp³-hybridized carbons (Fsp3) is 0.227. The normalized spacial score (nSPS) is 12.9. The molecule has 30 heavy (non-hydrogen) atoms. The highest BCUT2D eigenvalue weighted by atomic mass is 16.6. The third-order valence-electron chi connectivity index (χ3n) is 4.64. The SMILES string of the molecule is COc1cc2nccc(Oc3ccc(NC(=O)OC(=O)C4CC4)cc3)c2cc1OC. The zero-order valence-corrected chi connectivity index (χ0v) is 16.5. The second-order valence-corrected chi connectivity index (χ2v) is 6.77. The molecular weight excluding hydrogens is 388 g/mol. The van der Waals surface area contributed by atoms with Crippen LogP contribution in [-0.2, 0) is 9.53 Å². The summed E-state index contributed by atoms with van der Waals surface area (Å²) in [6.07, 6.45) is 2.41. The van der Waals surface area contributed by atoms with E-state index in [9.17, 15) is 9.59 Å². The Bertz CT molecular complexity index is 1090. The average molecular weight is 408 g/mol. The van der Waals surface area contributed by atoms with Gasteiger partial charge in [-0.05, 0) is 49.2 Å². The van der Waals surface area contributed by atoms with Gasteiger partial charge >= 0.3 is 12.1 Å². The number of benzene rings is 2. The molecule has 8 heteroatoms.